The van der Waals surface area contributed by atoms with Crippen molar-refractivity contribution in [2.45, 2.75) is 12.8 Å². The highest BCUT2D eigenvalue weighted by Crippen LogP contribution is 2.33. The predicted molar refractivity (Wildman–Crippen MR) is 115 cm³/mol. The van der Waals surface area contributed by atoms with E-state index in [4.69, 9.17) is 20.3 Å². The highest BCUT2D eigenvalue weighted by Gasteiger charge is 2.23. The van der Waals surface area contributed by atoms with Crippen molar-refractivity contribution in [3.63, 3.8) is 0 Å². The van der Waals surface area contributed by atoms with Crippen molar-refractivity contribution in [3.05, 3.63) is 54.2 Å². The fourth-order valence-electron chi connectivity index (χ4n) is 3.61. The van der Waals surface area contributed by atoms with Crippen molar-refractivity contribution in [2.75, 3.05) is 25.4 Å². The van der Waals surface area contributed by atoms with E-state index in [9.17, 15) is 10.1 Å². The molecule has 8 nitrogen and oxygen atoms in total. The summed E-state index contributed by atoms with van der Waals surface area (Å²) in [6, 6.07) is 14.5. The van der Waals surface area contributed by atoms with E-state index in [-0.39, 0.29) is 5.92 Å². The molecule has 0 saturated carbocycles. The van der Waals surface area contributed by atoms with E-state index in [1.54, 1.807) is 48.7 Å². The van der Waals surface area contributed by atoms with Gasteiger partial charge in [0.2, 0.25) is 0 Å². The Morgan fingerprint density at radius 2 is 1.94 bits per heavy atom. The number of hydrogen-bond acceptors (Lipinski definition) is 6. The van der Waals surface area contributed by atoms with E-state index in [0.29, 0.717) is 59.1 Å². The number of ether oxygens (including phenoxy) is 2. The molecule has 2 aromatic carbocycles. The molecule has 0 radical (unpaired) electrons. The smallest absolute Gasteiger partial charge is 0.407 e. The lowest BCUT2D eigenvalue weighted by molar-refractivity contribution is 0.111. The zero-order valence-electron chi connectivity index (χ0n) is 16.8. The van der Waals surface area contributed by atoms with Crippen molar-refractivity contribution in [1.82, 2.24) is 9.88 Å². The van der Waals surface area contributed by atoms with Crippen molar-refractivity contribution in [2.24, 2.45) is 5.92 Å². The fraction of sp³-hybridized carbons (Fsp3) is 0.261. The van der Waals surface area contributed by atoms with Crippen LogP contribution in [0.5, 0.6) is 17.2 Å². The first-order valence-electron chi connectivity index (χ1n) is 10.0. The number of rotatable bonds is 5. The molecule has 0 bridgehead atoms. The van der Waals surface area contributed by atoms with Crippen LogP contribution in [0.4, 0.5) is 10.5 Å². The number of benzene rings is 2. The number of nitrogen functional groups attached to an aromatic ring is 1. The Morgan fingerprint density at radius 3 is 2.61 bits per heavy atom. The maximum absolute atomic E-state index is 11.0. The maximum atomic E-state index is 11.0. The summed E-state index contributed by atoms with van der Waals surface area (Å²) in [5, 5.41) is 19.4. The Balaban J connectivity index is 1.52. The van der Waals surface area contributed by atoms with Crippen LogP contribution < -0.4 is 15.2 Å². The van der Waals surface area contributed by atoms with E-state index < -0.39 is 6.09 Å². The zero-order valence-corrected chi connectivity index (χ0v) is 16.8. The summed E-state index contributed by atoms with van der Waals surface area (Å²) >= 11 is 0. The standard InChI is InChI=1S/C23H22N4O4/c24-13-16-11-19-20(26-8-5-21(19)31-18-3-1-17(25)2-4-18)12-22(16)30-14-15-6-9-27(10-7-15)23(28)29/h1-5,8,11-12,15H,6-7,9-10,14,25H2,(H,28,29). The van der Waals surface area contributed by atoms with Crippen LogP contribution >= 0.6 is 0 Å². The van der Waals surface area contributed by atoms with Gasteiger partial charge in [-0.3, -0.25) is 4.98 Å². The molecule has 1 amide bonds. The number of pyridine rings is 1. The second kappa shape index (κ2) is 8.79. The minimum Gasteiger partial charge on any atom is -0.492 e. The van der Waals surface area contributed by atoms with Crippen molar-refractivity contribution in [1.29, 1.82) is 5.26 Å². The van der Waals surface area contributed by atoms with Gasteiger partial charge in [0.15, 0.2) is 0 Å². The molecule has 4 rings (SSSR count). The highest BCUT2D eigenvalue weighted by molar-refractivity contribution is 5.88. The van der Waals surface area contributed by atoms with Crippen LogP contribution in [0.2, 0.25) is 0 Å². The quantitative estimate of drug-likeness (QED) is 0.594. The first-order chi connectivity index (χ1) is 15.0. The largest absolute Gasteiger partial charge is 0.492 e. The molecule has 8 heteroatoms. The SMILES string of the molecule is N#Cc1cc2c(Oc3ccc(N)cc3)ccnc2cc1OCC1CCN(C(=O)O)CC1. The number of aromatic nitrogens is 1. The Labute approximate surface area is 179 Å². The van der Waals surface area contributed by atoms with Crippen LogP contribution in [0.3, 0.4) is 0 Å². The van der Waals surface area contributed by atoms with Crippen LogP contribution in [-0.2, 0) is 0 Å². The molecular weight excluding hydrogens is 396 g/mol. The Kier molecular flexibility index (Phi) is 5.76. The van der Waals surface area contributed by atoms with Crippen LogP contribution in [0.15, 0.2) is 48.7 Å². The molecule has 1 saturated heterocycles. The van der Waals surface area contributed by atoms with Crippen LogP contribution in [0, 0.1) is 17.2 Å². The van der Waals surface area contributed by atoms with Gasteiger partial charge in [0.05, 0.1) is 17.7 Å². The van der Waals surface area contributed by atoms with Gasteiger partial charge in [0.25, 0.3) is 0 Å². The average molecular weight is 418 g/mol. The molecule has 0 unspecified atom stereocenters. The molecule has 3 aromatic rings. The lowest BCUT2D eigenvalue weighted by Gasteiger charge is -2.29. The third kappa shape index (κ3) is 4.61. The molecule has 1 aromatic heterocycles. The number of piperidine rings is 1. The number of anilines is 1. The summed E-state index contributed by atoms with van der Waals surface area (Å²) in [6.45, 7) is 1.43. The Morgan fingerprint density at radius 1 is 1.19 bits per heavy atom. The van der Waals surface area contributed by atoms with Gasteiger partial charge in [-0.25, -0.2) is 4.79 Å². The van der Waals surface area contributed by atoms with E-state index in [0.717, 1.165) is 12.8 Å². The molecule has 1 aliphatic rings. The third-order valence-corrected chi connectivity index (χ3v) is 5.39. The van der Waals surface area contributed by atoms with E-state index >= 15 is 0 Å². The van der Waals surface area contributed by atoms with Gasteiger partial charge in [0, 0.05) is 36.4 Å². The normalized spacial score (nSPS) is 14.2. The van der Waals surface area contributed by atoms with Gasteiger partial charge in [-0.15, -0.1) is 0 Å². The van der Waals surface area contributed by atoms with Gasteiger partial charge in [-0.2, -0.15) is 5.26 Å². The molecule has 3 N–H and O–H groups in total. The van der Waals surface area contributed by atoms with Gasteiger partial charge >= 0.3 is 6.09 Å². The predicted octanol–water partition coefficient (Wildman–Crippen LogP) is 4.25. The number of carboxylic acid groups (broad SMARTS) is 1. The summed E-state index contributed by atoms with van der Waals surface area (Å²) in [6.07, 6.45) is 2.23. The maximum Gasteiger partial charge on any atom is 0.407 e. The molecule has 158 valence electrons. The van der Waals surface area contributed by atoms with Gasteiger partial charge in [0.1, 0.15) is 23.3 Å². The molecule has 0 atom stereocenters. The molecule has 0 aliphatic carbocycles. The molecule has 2 heterocycles. The van der Waals surface area contributed by atoms with Gasteiger partial charge in [-0.1, -0.05) is 0 Å². The molecular formula is C23H22N4O4. The fourth-order valence-corrected chi connectivity index (χ4v) is 3.61. The summed E-state index contributed by atoms with van der Waals surface area (Å²) < 4.78 is 11.9. The number of likely N-dealkylation sites (tertiary alicyclic amines) is 1. The lowest BCUT2D eigenvalue weighted by atomic mass is 9.98. The van der Waals surface area contributed by atoms with Gasteiger partial charge in [-0.05, 0) is 55.2 Å². The van der Waals surface area contributed by atoms with E-state index in [2.05, 4.69) is 11.1 Å². The minimum absolute atomic E-state index is 0.242. The number of nitrogens with two attached hydrogens (primary N) is 1. The summed E-state index contributed by atoms with van der Waals surface area (Å²) in [5.74, 6) is 1.92. The number of nitrogens with zero attached hydrogens (tertiary/aromatic N) is 3. The molecule has 1 aliphatic heterocycles. The summed E-state index contributed by atoms with van der Waals surface area (Å²) in [7, 11) is 0. The van der Waals surface area contributed by atoms with Crippen LogP contribution in [-0.4, -0.2) is 40.8 Å². The Hall–Kier alpha value is -3.99. The Bertz CT molecular complexity index is 1130. The average Bonchev–Trinajstić information content (AvgIpc) is 2.79. The third-order valence-electron chi connectivity index (χ3n) is 5.39. The van der Waals surface area contributed by atoms with E-state index in [1.165, 1.54) is 4.90 Å². The second-order valence-electron chi connectivity index (χ2n) is 7.48. The first kappa shape index (κ1) is 20.3. The molecule has 0 spiro atoms. The number of carbonyl (C=O) groups is 1. The van der Waals surface area contributed by atoms with Gasteiger partial charge < -0.3 is 25.2 Å². The zero-order chi connectivity index (χ0) is 21.8. The van der Waals surface area contributed by atoms with Crippen LogP contribution in [0.25, 0.3) is 10.9 Å². The second-order valence-corrected chi connectivity index (χ2v) is 7.48. The van der Waals surface area contributed by atoms with Crippen LogP contribution in [0.1, 0.15) is 18.4 Å². The molecule has 1 fully saturated rings. The van der Waals surface area contributed by atoms with Crippen molar-refractivity contribution < 1.29 is 19.4 Å². The molecule has 31 heavy (non-hydrogen) atoms. The first-order valence-corrected chi connectivity index (χ1v) is 10.0. The minimum atomic E-state index is -0.885. The topological polar surface area (TPSA) is 122 Å². The van der Waals surface area contributed by atoms with Crippen molar-refractivity contribution in [3.8, 4) is 23.3 Å². The number of nitriles is 1. The number of hydrogen-bond donors (Lipinski definition) is 2. The van der Waals surface area contributed by atoms with E-state index in [1.807, 2.05) is 0 Å². The summed E-state index contributed by atoms with van der Waals surface area (Å²) in [4.78, 5) is 16.9. The summed E-state index contributed by atoms with van der Waals surface area (Å²) in [5.41, 5.74) is 7.42. The van der Waals surface area contributed by atoms with Crippen molar-refractivity contribution >= 4 is 22.7 Å². The monoisotopic (exact) mass is 418 g/mol. The highest BCUT2D eigenvalue weighted by atomic mass is 16.5. The lowest BCUT2D eigenvalue weighted by Crippen LogP contribution is -2.38. The number of amides is 1. The number of fused-ring (bicyclic) bond motifs is 1.